The van der Waals surface area contributed by atoms with Gasteiger partial charge in [0.1, 0.15) is 12.1 Å². The third-order valence-electron chi connectivity index (χ3n) is 4.02. The van der Waals surface area contributed by atoms with Crippen LogP contribution in [-0.4, -0.2) is 53.1 Å². The number of alkyl halides is 6. The second-order valence-electron chi connectivity index (χ2n) is 6.58. The highest BCUT2D eigenvalue weighted by Gasteiger charge is 2.41. The molecule has 2 atom stereocenters. The fourth-order valence-corrected chi connectivity index (χ4v) is 2.03. The van der Waals surface area contributed by atoms with E-state index in [1.165, 1.54) is 7.11 Å². The van der Waals surface area contributed by atoms with Gasteiger partial charge in [0.25, 0.3) is 0 Å². The van der Waals surface area contributed by atoms with Crippen molar-refractivity contribution in [1.82, 2.24) is 15.0 Å². The molecule has 0 amide bonds. The van der Waals surface area contributed by atoms with Gasteiger partial charge in [-0.15, -0.1) is 0 Å². The molecule has 0 aromatic carbocycles. The van der Waals surface area contributed by atoms with E-state index in [-0.39, 0.29) is 11.2 Å². The predicted molar refractivity (Wildman–Crippen MR) is 88.5 cm³/mol. The molecule has 6 nitrogen and oxygen atoms in total. The van der Waals surface area contributed by atoms with E-state index < -0.39 is 36.3 Å². The van der Waals surface area contributed by atoms with Crippen LogP contribution in [0.3, 0.4) is 0 Å². The van der Waals surface area contributed by atoms with Crippen LogP contribution in [-0.2, 0) is 4.74 Å². The van der Waals surface area contributed by atoms with Crippen molar-refractivity contribution >= 4 is 11.9 Å². The molecule has 28 heavy (non-hydrogen) atoms. The zero-order valence-corrected chi connectivity index (χ0v) is 15.3. The predicted octanol–water partition coefficient (Wildman–Crippen LogP) is 3.38. The molecule has 1 fully saturated rings. The lowest BCUT2D eigenvalue weighted by molar-refractivity contribution is -0.139. The minimum atomic E-state index is -4.60. The molecule has 1 aliphatic carbocycles. The smallest absolute Gasteiger partial charge is 0.383 e. The maximum atomic E-state index is 12.8. The summed E-state index contributed by atoms with van der Waals surface area (Å²) in [6.45, 7) is 2.02. The highest BCUT2D eigenvalue weighted by molar-refractivity contribution is 5.40. The fourth-order valence-electron chi connectivity index (χ4n) is 2.03. The molecule has 0 unspecified atom stereocenters. The number of halogens is 6. The van der Waals surface area contributed by atoms with Gasteiger partial charge in [0.2, 0.25) is 17.7 Å². The zero-order chi connectivity index (χ0) is 21.2. The second-order valence-corrected chi connectivity index (χ2v) is 6.58. The van der Waals surface area contributed by atoms with E-state index >= 15 is 0 Å². The number of aromatic nitrogens is 3. The van der Waals surface area contributed by atoms with Gasteiger partial charge in [-0.05, 0) is 32.6 Å². The molecular weight excluding hydrogens is 392 g/mol. The molecule has 156 valence electrons. The molecule has 1 aromatic heterocycles. The summed E-state index contributed by atoms with van der Waals surface area (Å²) in [6, 6.07) is -4.04. The maximum Gasteiger partial charge on any atom is 0.408 e. The van der Waals surface area contributed by atoms with Gasteiger partial charge in [0.05, 0.1) is 12.0 Å². The summed E-state index contributed by atoms with van der Waals surface area (Å²) in [4.78, 5) is 11.2. The van der Waals surface area contributed by atoms with Crippen LogP contribution in [0.15, 0.2) is 0 Å². The van der Waals surface area contributed by atoms with Crippen LogP contribution in [0, 0.1) is 17.3 Å². The molecule has 0 bridgehead atoms. The van der Waals surface area contributed by atoms with Gasteiger partial charge in [-0.1, -0.05) is 5.92 Å². The number of anilines is 2. The molecule has 1 heterocycles. The van der Waals surface area contributed by atoms with Gasteiger partial charge in [0.15, 0.2) is 0 Å². The van der Waals surface area contributed by atoms with E-state index in [4.69, 9.17) is 4.74 Å². The Kier molecular flexibility index (Phi) is 6.27. The maximum absolute atomic E-state index is 12.8. The van der Waals surface area contributed by atoms with E-state index in [1.807, 2.05) is 10.6 Å². The Hall–Kier alpha value is -2.29. The molecule has 0 saturated heterocycles. The largest absolute Gasteiger partial charge is 0.408 e. The van der Waals surface area contributed by atoms with Gasteiger partial charge in [-0.2, -0.15) is 41.3 Å². The standard InChI is InChI=1S/C16H19F6N5O/c1-9(15(17,18)19)23-12-25-11(4-5-14(6-7-14)8-28-3)26-13(27-12)24-10(2)16(20,21)22/h9-10H,6-8H2,1-3H3,(H2,23,24,25,26,27)/t9-,10-/m1/s1. The van der Waals surface area contributed by atoms with E-state index in [1.54, 1.807) is 0 Å². The number of hydrogen-bond acceptors (Lipinski definition) is 6. The Labute approximate surface area is 157 Å². The third kappa shape index (κ3) is 6.12. The summed E-state index contributed by atoms with van der Waals surface area (Å²) in [5, 5.41) is 4.02. The summed E-state index contributed by atoms with van der Waals surface area (Å²) in [7, 11) is 1.51. The van der Waals surface area contributed by atoms with Crippen LogP contribution >= 0.6 is 0 Å². The van der Waals surface area contributed by atoms with Crippen LogP contribution in [0.4, 0.5) is 38.2 Å². The number of ether oxygens (including phenoxy) is 1. The van der Waals surface area contributed by atoms with Crippen LogP contribution in [0.25, 0.3) is 0 Å². The Balaban J connectivity index is 2.31. The van der Waals surface area contributed by atoms with E-state index in [0.29, 0.717) is 6.61 Å². The number of methoxy groups -OCH3 is 1. The molecule has 2 rings (SSSR count). The molecule has 1 aliphatic rings. The Morgan fingerprint density at radius 2 is 1.43 bits per heavy atom. The van der Waals surface area contributed by atoms with Crippen molar-refractivity contribution in [3.8, 4) is 11.8 Å². The quantitative estimate of drug-likeness (QED) is 0.553. The summed E-state index contributed by atoms with van der Waals surface area (Å²) in [5.41, 5.74) is -0.388. The second kappa shape index (κ2) is 7.98. The Bertz CT molecular complexity index is 710. The fraction of sp³-hybridized carbons (Fsp3) is 0.688. The highest BCUT2D eigenvalue weighted by atomic mass is 19.4. The first-order valence-electron chi connectivity index (χ1n) is 8.29. The van der Waals surface area contributed by atoms with Crippen LogP contribution < -0.4 is 10.6 Å². The van der Waals surface area contributed by atoms with Gasteiger partial charge in [-0.3, -0.25) is 0 Å². The van der Waals surface area contributed by atoms with Crippen LogP contribution in [0.2, 0.25) is 0 Å². The zero-order valence-electron chi connectivity index (χ0n) is 15.3. The lowest BCUT2D eigenvalue weighted by Crippen LogP contribution is -2.35. The average Bonchev–Trinajstić information content (AvgIpc) is 3.31. The van der Waals surface area contributed by atoms with E-state index in [2.05, 4.69) is 26.8 Å². The minimum absolute atomic E-state index is 0.244. The van der Waals surface area contributed by atoms with Crippen LogP contribution in [0.5, 0.6) is 0 Å². The lowest BCUT2D eigenvalue weighted by atomic mass is 10.1. The van der Waals surface area contributed by atoms with Gasteiger partial charge < -0.3 is 15.4 Å². The van der Waals surface area contributed by atoms with Crippen molar-refractivity contribution in [2.24, 2.45) is 5.41 Å². The summed E-state index contributed by atoms with van der Waals surface area (Å²) in [6.07, 6.45) is -7.65. The molecular formula is C16H19F6N5O. The average molecular weight is 411 g/mol. The topological polar surface area (TPSA) is 72.0 Å². The van der Waals surface area contributed by atoms with Gasteiger partial charge >= 0.3 is 12.4 Å². The normalized spacial score (nSPS) is 17.9. The first-order chi connectivity index (χ1) is 12.8. The first-order valence-corrected chi connectivity index (χ1v) is 8.29. The Morgan fingerprint density at radius 1 is 0.964 bits per heavy atom. The first kappa shape index (κ1) is 22.0. The lowest BCUT2D eigenvalue weighted by Gasteiger charge is -2.19. The van der Waals surface area contributed by atoms with Gasteiger partial charge in [-0.25, -0.2) is 0 Å². The molecule has 2 N–H and O–H groups in total. The minimum Gasteiger partial charge on any atom is -0.383 e. The molecule has 0 aliphatic heterocycles. The number of hydrogen-bond donors (Lipinski definition) is 2. The van der Waals surface area contributed by atoms with E-state index in [0.717, 1.165) is 26.7 Å². The molecule has 12 heteroatoms. The third-order valence-corrected chi connectivity index (χ3v) is 4.02. The van der Waals surface area contributed by atoms with Crippen molar-refractivity contribution in [2.45, 2.75) is 51.1 Å². The van der Waals surface area contributed by atoms with Crippen LogP contribution in [0.1, 0.15) is 32.5 Å². The summed E-state index contributed by atoms with van der Waals surface area (Å²) < 4.78 is 81.6. The summed E-state index contributed by atoms with van der Waals surface area (Å²) in [5.74, 6) is 4.18. The SMILES string of the molecule is COCC1(C#Cc2nc(N[C@H](C)C(F)(F)F)nc(N[C@H](C)C(F)(F)F)n2)CC1. The van der Waals surface area contributed by atoms with Crippen molar-refractivity contribution in [1.29, 1.82) is 0 Å². The molecule has 0 spiro atoms. The van der Waals surface area contributed by atoms with Crippen molar-refractivity contribution in [3.05, 3.63) is 5.82 Å². The summed E-state index contributed by atoms with van der Waals surface area (Å²) >= 11 is 0. The number of rotatable bonds is 6. The van der Waals surface area contributed by atoms with Crippen molar-refractivity contribution < 1.29 is 31.1 Å². The van der Waals surface area contributed by atoms with E-state index in [9.17, 15) is 26.3 Å². The van der Waals surface area contributed by atoms with Crippen molar-refractivity contribution in [2.75, 3.05) is 24.4 Å². The monoisotopic (exact) mass is 411 g/mol. The van der Waals surface area contributed by atoms with Crippen molar-refractivity contribution in [3.63, 3.8) is 0 Å². The number of nitrogens with one attached hydrogen (secondary N) is 2. The highest BCUT2D eigenvalue weighted by Crippen LogP contribution is 2.45. The molecule has 1 saturated carbocycles. The Morgan fingerprint density at radius 3 is 1.79 bits per heavy atom. The number of nitrogens with zero attached hydrogens (tertiary/aromatic N) is 3. The van der Waals surface area contributed by atoms with Gasteiger partial charge in [0, 0.05) is 7.11 Å². The molecule has 0 radical (unpaired) electrons. The molecule has 1 aromatic rings.